The number of anilines is 1. The van der Waals surface area contributed by atoms with Crippen LogP contribution in [0.1, 0.15) is 6.42 Å². The van der Waals surface area contributed by atoms with Gasteiger partial charge in [0.15, 0.2) is 0 Å². The van der Waals surface area contributed by atoms with E-state index in [-0.39, 0.29) is 10.6 Å². The molecule has 1 aliphatic heterocycles. The third-order valence-electron chi connectivity index (χ3n) is 4.17. The lowest BCUT2D eigenvalue weighted by Gasteiger charge is -2.23. The largest absolute Gasteiger partial charge is 0.383 e. The zero-order valence-corrected chi connectivity index (χ0v) is 13.0. The summed E-state index contributed by atoms with van der Waals surface area (Å²) in [6, 6.07) is 6.75. The van der Waals surface area contributed by atoms with Crippen LogP contribution in [0.4, 0.5) is 11.4 Å². The highest BCUT2D eigenvalue weighted by Crippen LogP contribution is 2.29. The van der Waals surface area contributed by atoms with Crippen LogP contribution >= 0.6 is 0 Å². The number of aromatic nitrogens is 1. The monoisotopic (exact) mass is 317 g/mol. The quantitative estimate of drug-likeness (QED) is 0.469. The van der Waals surface area contributed by atoms with Crippen molar-refractivity contribution >= 4 is 22.3 Å². The van der Waals surface area contributed by atoms with E-state index in [9.17, 15) is 10.1 Å². The van der Waals surface area contributed by atoms with Gasteiger partial charge in [0.2, 0.25) is 0 Å². The molecule has 1 fully saturated rings. The van der Waals surface area contributed by atoms with E-state index in [2.05, 4.69) is 10.3 Å². The molecule has 0 aliphatic carbocycles. The maximum atomic E-state index is 11.1. The Hall–Kier alpha value is -2.25. The van der Waals surface area contributed by atoms with Gasteiger partial charge in [0.05, 0.1) is 35.8 Å². The average Bonchev–Trinajstić information content (AvgIpc) is 2.59. The Bertz CT molecular complexity index is 686. The molecule has 0 spiro atoms. The molecule has 0 amide bonds. The second-order valence-electron chi connectivity index (χ2n) is 5.68. The van der Waals surface area contributed by atoms with Gasteiger partial charge in [0.1, 0.15) is 18.6 Å². The molecule has 0 unspecified atom stereocenters. The smallest absolute Gasteiger partial charge is 0.278 e. The lowest BCUT2D eigenvalue weighted by molar-refractivity contribution is -0.908. The Morgan fingerprint density at radius 2 is 2.13 bits per heavy atom. The minimum atomic E-state index is -0.365. The summed E-state index contributed by atoms with van der Waals surface area (Å²) < 4.78 is 5.35. The van der Waals surface area contributed by atoms with E-state index in [0.717, 1.165) is 51.5 Å². The van der Waals surface area contributed by atoms with Gasteiger partial charge >= 0.3 is 0 Å². The van der Waals surface area contributed by atoms with E-state index in [1.807, 2.05) is 0 Å². The molecular formula is C16H21N4O3+. The Kier molecular flexibility index (Phi) is 4.99. The normalized spacial score (nSPS) is 15.7. The molecule has 0 radical (unpaired) electrons. The Balaban J connectivity index is 1.64. The Morgan fingerprint density at radius 1 is 1.30 bits per heavy atom. The van der Waals surface area contributed by atoms with Crippen LogP contribution in [0.25, 0.3) is 10.9 Å². The molecule has 3 rings (SSSR count). The van der Waals surface area contributed by atoms with E-state index < -0.39 is 0 Å². The number of fused-ring (bicyclic) bond motifs is 1. The summed E-state index contributed by atoms with van der Waals surface area (Å²) in [5.74, 6) is 0. The molecule has 2 aromatic rings. The predicted molar refractivity (Wildman–Crippen MR) is 87.9 cm³/mol. The average molecular weight is 317 g/mol. The van der Waals surface area contributed by atoms with Crippen molar-refractivity contribution in [1.29, 1.82) is 0 Å². The van der Waals surface area contributed by atoms with E-state index in [4.69, 9.17) is 4.74 Å². The standard InChI is InChI=1S/C16H20N4O3/c21-20(22)15-5-4-14(16-13(15)3-1-6-18-16)17-7-2-8-19-9-11-23-12-10-19/h1,3-6,17H,2,7-12H2/p+1. The van der Waals surface area contributed by atoms with Crippen LogP contribution in [0, 0.1) is 10.1 Å². The zero-order valence-electron chi connectivity index (χ0n) is 13.0. The molecule has 2 N–H and O–H groups in total. The number of hydrogen-bond acceptors (Lipinski definition) is 5. The number of nitro benzene ring substituents is 1. The molecule has 7 nitrogen and oxygen atoms in total. The molecule has 0 bridgehead atoms. The van der Waals surface area contributed by atoms with E-state index in [1.165, 1.54) is 0 Å². The summed E-state index contributed by atoms with van der Waals surface area (Å²) in [6.45, 7) is 5.77. The van der Waals surface area contributed by atoms with Crippen LogP contribution in [-0.2, 0) is 4.74 Å². The number of nitro groups is 1. The van der Waals surface area contributed by atoms with Crippen molar-refractivity contribution in [2.24, 2.45) is 0 Å². The predicted octanol–water partition coefficient (Wildman–Crippen LogP) is 0.860. The molecule has 1 aliphatic rings. The Labute approximate surface area is 134 Å². The topological polar surface area (TPSA) is 81.7 Å². The van der Waals surface area contributed by atoms with Gasteiger partial charge in [-0.3, -0.25) is 15.1 Å². The van der Waals surface area contributed by atoms with Crippen molar-refractivity contribution in [2.45, 2.75) is 6.42 Å². The number of morpholine rings is 1. The van der Waals surface area contributed by atoms with Crippen LogP contribution in [0.3, 0.4) is 0 Å². The highest BCUT2D eigenvalue weighted by atomic mass is 16.6. The minimum absolute atomic E-state index is 0.0939. The summed E-state index contributed by atoms with van der Waals surface area (Å²) in [6.07, 6.45) is 2.70. The summed E-state index contributed by atoms with van der Waals surface area (Å²) in [7, 11) is 0. The number of nitrogens with one attached hydrogen (secondary N) is 2. The number of nitrogens with zero attached hydrogens (tertiary/aromatic N) is 2. The van der Waals surface area contributed by atoms with Gasteiger partial charge in [-0.1, -0.05) is 0 Å². The highest BCUT2D eigenvalue weighted by Gasteiger charge is 2.15. The molecule has 0 saturated carbocycles. The van der Waals surface area contributed by atoms with Crippen molar-refractivity contribution < 1.29 is 14.6 Å². The van der Waals surface area contributed by atoms with Crippen molar-refractivity contribution in [1.82, 2.24) is 4.98 Å². The van der Waals surface area contributed by atoms with E-state index in [0.29, 0.717) is 10.9 Å². The number of ether oxygens (including phenoxy) is 1. The summed E-state index contributed by atoms with van der Waals surface area (Å²) in [5.41, 5.74) is 1.60. The summed E-state index contributed by atoms with van der Waals surface area (Å²) >= 11 is 0. The van der Waals surface area contributed by atoms with Crippen LogP contribution in [0.5, 0.6) is 0 Å². The number of quaternary nitrogens is 1. The molecule has 1 aromatic heterocycles. The SMILES string of the molecule is O=[N+]([O-])c1ccc(NCCC[NH+]2CCOCC2)c2ncccc12. The Morgan fingerprint density at radius 3 is 2.91 bits per heavy atom. The number of hydrogen-bond donors (Lipinski definition) is 2. The van der Waals surface area contributed by atoms with Gasteiger partial charge in [-0.05, 0) is 18.2 Å². The number of non-ortho nitro benzene ring substituents is 1. The molecule has 122 valence electrons. The van der Waals surface area contributed by atoms with Gasteiger partial charge < -0.3 is 15.0 Å². The van der Waals surface area contributed by atoms with E-state index >= 15 is 0 Å². The first-order chi connectivity index (χ1) is 11.3. The van der Waals surface area contributed by atoms with Crippen molar-refractivity contribution in [3.05, 3.63) is 40.6 Å². The third-order valence-corrected chi connectivity index (χ3v) is 4.17. The fraction of sp³-hybridized carbons (Fsp3) is 0.438. The molecule has 1 saturated heterocycles. The number of rotatable bonds is 6. The lowest BCUT2D eigenvalue weighted by atomic mass is 10.1. The van der Waals surface area contributed by atoms with Gasteiger partial charge in [-0.25, -0.2) is 0 Å². The highest BCUT2D eigenvalue weighted by molar-refractivity contribution is 5.96. The third kappa shape index (κ3) is 3.75. The van der Waals surface area contributed by atoms with Gasteiger partial charge in [-0.15, -0.1) is 0 Å². The second kappa shape index (κ2) is 7.34. The molecular weight excluding hydrogens is 296 g/mol. The van der Waals surface area contributed by atoms with Crippen molar-refractivity contribution in [3.63, 3.8) is 0 Å². The number of benzene rings is 1. The molecule has 7 heteroatoms. The fourth-order valence-electron chi connectivity index (χ4n) is 2.93. The van der Waals surface area contributed by atoms with Crippen LogP contribution in [0.2, 0.25) is 0 Å². The van der Waals surface area contributed by atoms with Gasteiger partial charge in [0, 0.05) is 25.2 Å². The molecule has 2 heterocycles. The maximum Gasteiger partial charge on any atom is 0.278 e. The first-order valence-electron chi connectivity index (χ1n) is 7.93. The van der Waals surface area contributed by atoms with Crippen LogP contribution in [-0.4, -0.2) is 49.3 Å². The molecule has 1 aromatic carbocycles. The number of pyridine rings is 1. The lowest BCUT2D eigenvalue weighted by Crippen LogP contribution is -3.14. The van der Waals surface area contributed by atoms with Gasteiger partial charge in [-0.2, -0.15) is 0 Å². The fourth-order valence-corrected chi connectivity index (χ4v) is 2.93. The van der Waals surface area contributed by atoms with Crippen molar-refractivity contribution in [2.75, 3.05) is 44.7 Å². The molecule has 23 heavy (non-hydrogen) atoms. The summed E-state index contributed by atoms with van der Waals surface area (Å²) in [4.78, 5) is 16.6. The second-order valence-corrected chi connectivity index (χ2v) is 5.68. The first-order valence-corrected chi connectivity index (χ1v) is 7.93. The zero-order chi connectivity index (χ0) is 16.1. The van der Waals surface area contributed by atoms with Crippen molar-refractivity contribution in [3.8, 4) is 0 Å². The minimum Gasteiger partial charge on any atom is -0.383 e. The van der Waals surface area contributed by atoms with Crippen LogP contribution in [0.15, 0.2) is 30.5 Å². The summed E-state index contributed by atoms with van der Waals surface area (Å²) in [5, 5.41) is 15.0. The van der Waals surface area contributed by atoms with Crippen LogP contribution < -0.4 is 10.2 Å². The first kappa shape index (κ1) is 15.6. The maximum absolute atomic E-state index is 11.1. The van der Waals surface area contributed by atoms with Gasteiger partial charge in [0.25, 0.3) is 5.69 Å². The van der Waals surface area contributed by atoms with E-state index in [1.54, 1.807) is 35.4 Å². The molecule has 0 atom stereocenters.